The third kappa shape index (κ3) is 3.67. The van der Waals surface area contributed by atoms with E-state index >= 15 is 0 Å². The second-order valence-corrected chi connectivity index (χ2v) is 4.75. The number of hydrogen-bond acceptors (Lipinski definition) is 4. The first-order valence-corrected chi connectivity index (χ1v) is 6.50. The van der Waals surface area contributed by atoms with E-state index in [9.17, 15) is 14.9 Å². The number of hydrogen-bond donors (Lipinski definition) is 2. The normalized spacial score (nSPS) is 19.4. The third-order valence-electron chi connectivity index (χ3n) is 3.20. The van der Waals surface area contributed by atoms with Gasteiger partial charge in [0, 0.05) is 24.4 Å². The molecule has 1 heterocycles. The number of nitrogens with zero attached hydrogens (tertiary/aromatic N) is 1. The van der Waals surface area contributed by atoms with Crippen molar-refractivity contribution in [1.82, 2.24) is 5.32 Å². The van der Waals surface area contributed by atoms with Crippen LogP contribution in [0.25, 0.3) is 0 Å². The first-order valence-electron chi connectivity index (χ1n) is 6.50. The number of ether oxygens (including phenoxy) is 1. The Balaban J connectivity index is 1.90. The lowest BCUT2D eigenvalue weighted by Gasteiger charge is -2.20. The van der Waals surface area contributed by atoms with Gasteiger partial charge in [-0.05, 0) is 25.8 Å². The molecule has 1 saturated heterocycles. The zero-order valence-corrected chi connectivity index (χ0v) is 11.2. The molecule has 108 valence electrons. The zero-order valence-electron chi connectivity index (χ0n) is 11.2. The topological polar surface area (TPSA) is 93.5 Å². The largest absolute Gasteiger partial charge is 0.376 e. The van der Waals surface area contributed by atoms with Crippen LogP contribution in [0, 0.1) is 10.1 Å². The van der Waals surface area contributed by atoms with Crippen LogP contribution in [-0.4, -0.2) is 29.7 Å². The summed E-state index contributed by atoms with van der Waals surface area (Å²) in [4.78, 5) is 22.0. The molecule has 1 aromatic rings. The van der Waals surface area contributed by atoms with Crippen molar-refractivity contribution in [3.8, 4) is 0 Å². The second kappa shape index (κ2) is 6.33. The van der Waals surface area contributed by atoms with Gasteiger partial charge in [0.25, 0.3) is 5.69 Å². The molecule has 0 saturated carbocycles. The van der Waals surface area contributed by atoms with Crippen LogP contribution in [0.15, 0.2) is 24.3 Å². The Kier molecular flexibility index (Phi) is 4.52. The van der Waals surface area contributed by atoms with Crippen LogP contribution in [0.3, 0.4) is 0 Å². The molecule has 0 radical (unpaired) electrons. The van der Waals surface area contributed by atoms with Gasteiger partial charge in [0.1, 0.15) is 0 Å². The number of nitrogens with one attached hydrogen (secondary N) is 2. The number of benzene rings is 1. The molecule has 0 aliphatic carbocycles. The first-order chi connectivity index (χ1) is 9.56. The summed E-state index contributed by atoms with van der Waals surface area (Å²) in [5, 5.41) is 16.0. The van der Waals surface area contributed by atoms with Crippen LogP contribution in [0.2, 0.25) is 0 Å². The summed E-state index contributed by atoms with van der Waals surface area (Å²) >= 11 is 0. The van der Waals surface area contributed by atoms with Gasteiger partial charge in [-0.25, -0.2) is 4.79 Å². The van der Waals surface area contributed by atoms with Gasteiger partial charge in [0.15, 0.2) is 0 Å². The predicted octanol–water partition coefficient (Wildman–Crippen LogP) is 2.28. The fourth-order valence-corrected chi connectivity index (χ4v) is 2.16. The molecule has 0 spiro atoms. The van der Waals surface area contributed by atoms with Crippen molar-refractivity contribution in [2.75, 3.05) is 11.9 Å². The Labute approximate surface area is 116 Å². The average molecular weight is 279 g/mol. The van der Waals surface area contributed by atoms with Crippen molar-refractivity contribution >= 4 is 17.4 Å². The summed E-state index contributed by atoms with van der Waals surface area (Å²) in [7, 11) is 0. The van der Waals surface area contributed by atoms with Gasteiger partial charge in [-0.2, -0.15) is 0 Å². The number of anilines is 1. The van der Waals surface area contributed by atoms with E-state index in [1.165, 1.54) is 18.2 Å². The molecular formula is C13H17N3O4. The molecule has 1 aliphatic rings. The molecule has 2 unspecified atom stereocenters. The maximum absolute atomic E-state index is 11.8. The Morgan fingerprint density at radius 2 is 2.35 bits per heavy atom. The lowest BCUT2D eigenvalue weighted by molar-refractivity contribution is -0.384. The molecular weight excluding hydrogens is 262 g/mol. The van der Waals surface area contributed by atoms with E-state index in [1.807, 2.05) is 6.92 Å². The van der Waals surface area contributed by atoms with Crippen LogP contribution in [0.4, 0.5) is 16.2 Å². The average Bonchev–Trinajstić information content (AvgIpc) is 2.92. The summed E-state index contributed by atoms with van der Waals surface area (Å²) < 4.78 is 5.48. The number of amides is 2. The summed E-state index contributed by atoms with van der Waals surface area (Å²) in [6.07, 6.45) is 1.97. The summed E-state index contributed by atoms with van der Waals surface area (Å²) in [5.41, 5.74) is 0.325. The third-order valence-corrected chi connectivity index (χ3v) is 3.20. The summed E-state index contributed by atoms with van der Waals surface area (Å²) in [5.74, 6) is 0. The number of rotatable bonds is 4. The summed E-state index contributed by atoms with van der Waals surface area (Å²) in [6, 6.07) is 5.32. The van der Waals surface area contributed by atoms with Crippen molar-refractivity contribution < 1.29 is 14.5 Å². The van der Waals surface area contributed by atoms with Gasteiger partial charge in [-0.3, -0.25) is 10.1 Å². The summed E-state index contributed by atoms with van der Waals surface area (Å²) in [6.45, 7) is 2.60. The van der Waals surface area contributed by atoms with Gasteiger partial charge < -0.3 is 15.4 Å². The van der Waals surface area contributed by atoms with Crippen molar-refractivity contribution in [2.24, 2.45) is 0 Å². The van der Waals surface area contributed by atoms with Crippen molar-refractivity contribution in [2.45, 2.75) is 31.9 Å². The Bertz CT molecular complexity index is 500. The molecule has 0 aromatic heterocycles. The predicted molar refractivity (Wildman–Crippen MR) is 73.7 cm³/mol. The lowest BCUT2D eigenvalue weighted by Crippen LogP contribution is -2.42. The molecule has 1 aliphatic heterocycles. The fraction of sp³-hybridized carbons (Fsp3) is 0.462. The van der Waals surface area contributed by atoms with Crippen LogP contribution in [-0.2, 0) is 4.74 Å². The standard InChI is InChI=1S/C13H17N3O4/c1-9(12-6-3-7-20-12)14-13(17)15-10-4-2-5-11(8-10)16(18)19/h2,4-5,8-9,12H,3,6-7H2,1H3,(H2,14,15,17). The highest BCUT2D eigenvalue weighted by Gasteiger charge is 2.23. The second-order valence-electron chi connectivity index (χ2n) is 4.75. The van der Waals surface area contributed by atoms with Crippen molar-refractivity contribution in [1.29, 1.82) is 0 Å². The highest BCUT2D eigenvalue weighted by atomic mass is 16.6. The van der Waals surface area contributed by atoms with Gasteiger partial charge >= 0.3 is 6.03 Å². The van der Waals surface area contributed by atoms with Crippen LogP contribution >= 0.6 is 0 Å². The van der Waals surface area contributed by atoms with E-state index in [0.717, 1.165) is 19.4 Å². The number of carbonyl (C=O) groups excluding carboxylic acids is 1. The van der Waals surface area contributed by atoms with E-state index in [0.29, 0.717) is 5.69 Å². The Morgan fingerprint density at radius 1 is 1.55 bits per heavy atom. The number of nitro benzene ring substituents is 1. The SMILES string of the molecule is CC(NC(=O)Nc1cccc([N+](=O)[O-])c1)C1CCCO1. The molecule has 2 N–H and O–H groups in total. The highest BCUT2D eigenvalue weighted by Crippen LogP contribution is 2.18. The van der Waals surface area contributed by atoms with Crippen molar-refractivity contribution in [3.05, 3.63) is 34.4 Å². The Morgan fingerprint density at radius 3 is 3.00 bits per heavy atom. The van der Waals surface area contributed by atoms with E-state index in [1.54, 1.807) is 6.07 Å². The minimum absolute atomic E-state index is 0.0332. The maximum Gasteiger partial charge on any atom is 0.319 e. The van der Waals surface area contributed by atoms with E-state index < -0.39 is 11.0 Å². The lowest BCUT2D eigenvalue weighted by atomic mass is 10.1. The quantitative estimate of drug-likeness (QED) is 0.653. The molecule has 0 bridgehead atoms. The molecule has 1 aromatic carbocycles. The van der Waals surface area contributed by atoms with Gasteiger partial charge in [0.05, 0.1) is 17.1 Å². The van der Waals surface area contributed by atoms with Gasteiger partial charge in [-0.1, -0.05) is 6.07 Å². The van der Waals surface area contributed by atoms with E-state index in [4.69, 9.17) is 4.74 Å². The molecule has 2 atom stereocenters. The monoisotopic (exact) mass is 279 g/mol. The molecule has 7 nitrogen and oxygen atoms in total. The zero-order chi connectivity index (χ0) is 14.5. The fourth-order valence-electron chi connectivity index (χ4n) is 2.16. The first kappa shape index (κ1) is 14.3. The minimum atomic E-state index is -0.502. The molecule has 1 fully saturated rings. The molecule has 2 rings (SSSR count). The molecule has 2 amide bonds. The minimum Gasteiger partial charge on any atom is -0.376 e. The maximum atomic E-state index is 11.8. The van der Waals surface area contributed by atoms with Crippen LogP contribution < -0.4 is 10.6 Å². The van der Waals surface area contributed by atoms with Crippen LogP contribution in [0.1, 0.15) is 19.8 Å². The van der Waals surface area contributed by atoms with Crippen molar-refractivity contribution in [3.63, 3.8) is 0 Å². The smallest absolute Gasteiger partial charge is 0.319 e. The number of nitro groups is 1. The van der Waals surface area contributed by atoms with Crippen LogP contribution in [0.5, 0.6) is 0 Å². The van der Waals surface area contributed by atoms with Gasteiger partial charge in [0.2, 0.25) is 0 Å². The molecule has 20 heavy (non-hydrogen) atoms. The number of urea groups is 1. The number of non-ortho nitro benzene ring substituents is 1. The Hall–Kier alpha value is -2.15. The highest BCUT2D eigenvalue weighted by molar-refractivity contribution is 5.89. The van der Waals surface area contributed by atoms with Gasteiger partial charge in [-0.15, -0.1) is 0 Å². The van der Waals surface area contributed by atoms with E-state index in [-0.39, 0.29) is 17.8 Å². The molecule has 7 heteroatoms. The number of carbonyl (C=O) groups is 1. The van der Waals surface area contributed by atoms with E-state index in [2.05, 4.69) is 10.6 Å².